The first-order valence-corrected chi connectivity index (χ1v) is 15.6. The van der Waals surface area contributed by atoms with Gasteiger partial charge in [-0.25, -0.2) is 9.97 Å². The third-order valence-electron chi connectivity index (χ3n) is 7.12. The number of alkyl halides is 8. The van der Waals surface area contributed by atoms with Crippen LogP contribution in [0.5, 0.6) is 5.75 Å². The zero-order valence-electron chi connectivity index (χ0n) is 25.9. The van der Waals surface area contributed by atoms with Crippen molar-refractivity contribution in [2.75, 3.05) is 19.8 Å². The number of rotatable bonds is 24. The van der Waals surface area contributed by atoms with Crippen LogP contribution in [0.25, 0.3) is 11.4 Å². The molecular formula is C32H44F8N2O3. The van der Waals surface area contributed by atoms with Crippen LogP contribution in [0.2, 0.25) is 0 Å². The lowest BCUT2D eigenvalue weighted by molar-refractivity contribution is -0.450. The maximum atomic E-state index is 14.3. The van der Waals surface area contributed by atoms with E-state index in [9.17, 15) is 35.1 Å². The number of halogens is 8. The average Bonchev–Trinajstić information content (AvgIpc) is 3.00. The van der Waals surface area contributed by atoms with Gasteiger partial charge in [-0.05, 0) is 61.9 Å². The Bertz CT molecular complexity index is 1090. The molecule has 0 radical (unpaired) electrons. The van der Waals surface area contributed by atoms with E-state index in [1.165, 1.54) is 32.1 Å². The summed E-state index contributed by atoms with van der Waals surface area (Å²) < 4.78 is 126. The van der Waals surface area contributed by atoms with Crippen molar-refractivity contribution in [3.05, 3.63) is 42.2 Å². The molecule has 0 aliphatic carbocycles. The number of hydrogen-bond acceptors (Lipinski definition) is 5. The highest BCUT2D eigenvalue weighted by molar-refractivity contribution is 5.56. The van der Waals surface area contributed by atoms with Crippen LogP contribution in [0.3, 0.4) is 0 Å². The van der Waals surface area contributed by atoms with Crippen molar-refractivity contribution >= 4 is 0 Å². The molecule has 2 aromatic rings. The van der Waals surface area contributed by atoms with Gasteiger partial charge in [0, 0.05) is 31.2 Å². The van der Waals surface area contributed by atoms with Crippen molar-refractivity contribution in [3.63, 3.8) is 0 Å². The summed E-state index contributed by atoms with van der Waals surface area (Å²) in [5.41, 5.74) is 1.21. The van der Waals surface area contributed by atoms with E-state index in [-0.39, 0.29) is 25.3 Å². The Morgan fingerprint density at radius 3 is 1.69 bits per heavy atom. The summed E-state index contributed by atoms with van der Waals surface area (Å²) >= 11 is 0. The summed E-state index contributed by atoms with van der Waals surface area (Å²) in [5.74, 6) is -14.0. The number of nitrogens with zero attached hydrogens (tertiary/aromatic N) is 2. The normalized spacial score (nSPS) is 12.9. The lowest BCUT2D eigenvalue weighted by atomic mass is 10.1. The number of aromatic nitrogens is 2. The molecule has 2 rings (SSSR count). The van der Waals surface area contributed by atoms with Crippen molar-refractivity contribution in [1.82, 2.24) is 9.97 Å². The fourth-order valence-corrected chi connectivity index (χ4v) is 4.29. The maximum Gasteiger partial charge on any atom is 0.471 e. The lowest BCUT2D eigenvalue weighted by Crippen LogP contribution is -2.64. The maximum absolute atomic E-state index is 14.3. The zero-order chi connectivity index (χ0) is 33.4. The van der Waals surface area contributed by atoms with Gasteiger partial charge in [-0.2, -0.15) is 35.1 Å². The van der Waals surface area contributed by atoms with Gasteiger partial charge < -0.3 is 14.2 Å². The summed E-state index contributed by atoms with van der Waals surface area (Å²) in [6.45, 7) is 3.55. The van der Waals surface area contributed by atoms with Crippen molar-refractivity contribution in [1.29, 1.82) is 0 Å². The monoisotopic (exact) mass is 656 g/mol. The van der Waals surface area contributed by atoms with Crippen LogP contribution in [-0.4, -0.2) is 53.9 Å². The first-order chi connectivity index (χ1) is 21.3. The van der Waals surface area contributed by atoms with Gasteiger partial charge in [-0.1, -0.05) is 65.2 Å². The predicted molar refractivity (Wildman–Crippen MR) is 155 cm³/mol. The minimum atomic E-state index is -6.64. The molecule has 13 heteroatoms. The van der Waals surface area contributed by atoms with Gasteiger partial charge in [0.05, 0.1) is 6.61 Å². The molecule has 1 aromatic heterocycles. The zero-order valence-corrected chi connectivity index (χ0v) is 25.9. The van der Waals surface area contributed by atoms with E-state index in [2.05, 4.69) is 26.4 Å². The second-order valence-electron chi connectivity index (χ2n) is 11.0. The van der Waals surface area contributed by atoms with E-state index >= 15 is 0 Å². The highest BCUT2D eigenvalue weighted by Crippen LogP contribution is 2.53. The van der Waals surface area contributed by atoms with Crippen molar-refractivity contribution in [2.45, 2.75) is 121 Å². The molecule has 0 aliphatic rings. The fraction of sp³-hybridized carbons (Fsp3) is 0.688. The summed E-state index contributed by atoms with van der Waals surface area (Å²) in [6, 6.07) is 3.90. The second kappa shape index (κ2) is 18.6. The van der Waals surface area contributed by atoms with Crippen molar-refractivity contribution in [2.24, 2.45) is 0 Å². The first-order valence-electron chi connectivity index (χ1n) is 15.6. The number of hydrogen-bond donors (Lipinski definition) is 0. The number of unbranched alkanes of at least 4 members (excludes halogenated alkanes) is 9. The van der Waals surface area contributed by atoms with Crippen LogP contribution in [-0.2, 0) is 15.9 Å². The molecule has 0 saturated carbocycles. The minimum absolute atomic E-state index is 0.114. The summed E-state index contributed by atoms with van der Waals surface area (Å²) in [6.07, 6.45) is 2.99. The molecule has 256 valence electrons. The number of ether oxygens (including phenoxy) is 3. The molecule has 0 N–H and O–H groups in total. The van der Waals surface area contributed by atoms with Gasteiger partial charge in [0.1, 0.15) is 5.75 Å². The highest BCUT2D eigenvalue weighted by atomic mass is 19.4. The molecule has 0 spiro atoms. The van der Waals surface area contributed by atoms with Crippen LogP contribution in [0.1, 0.15) is 96.5 Å². The van der Waals surface area contributed by atoms with E-state index in [4.69, 9.17) is 4.74 Å². The third kappa shape index (κ3) is 11.6. The molecule has 0 atom stereocenters. The van der Waals surface area contributed by atoms with Crippen molar-refractivity contribution in [3.8, 4) is 17.1 Å². The molecule has 0 aliphatic heterocycles. The Morgan fingerprint density at radius 1 is 0.578 bits per heavy atom. The molecule has 45 heavy (non-hydrogen) atoms. The first kappa shape index (κ1) is 38.6. The fourth-order valence-electron chi connectivity index (χ4n) is 4.29. The van der Waals surface area contributed by atoms with Crippen LogP contribution in [0.4, 0.5) is 35.1 Å². The van der Waals surface area contributed by atoms with Gasteiger partial charge in [-0.15, -0.1) is 0 Å². The summed E-state index contributed by atoms with van der Waals surface area (Å²) in [5, 5.41) is 0. The van der Waals surface area contributed by atoms with Gasteiger partial charge in [0.2, 0.25) is 0 Å². The standard InChI is InChI=1S/C32H44F8N2O3/c1-3-5-7-8-9-10-11-12-15-25-23-41-28(42-24-25)26-16-18-27(19-17-26)45-32(39,40)30(35,36)29(33,34)31(37,38)44-22-14-13-21-43-20-6-4-2/h16-19,23-24H,3-15,20-22H2,1-2H3. The molecule has 1 heterocycles. The van der Waals surface area contributed by atoms with E-state index in [1.54, 1.807) is 12.4 Å². The van der Waals surface area contributed by atoms with E-state index < -0.39 is 36.4 Å². The lowest BCUT2D eigenvalue weighted by Gasteiger charge is -2.35. The molecule has 0 unspecified atom stereocenters. The van der Waals surface area contributed by atoms with Crippen LogP contribution in [0, 0.1) is 0 Å². The van der Waals surface area contributed by atoms with Gasteiger partial charge in [-0.3, -0.25) is 0 Å². The Morgan fingerprint density at radius 2 is 1.09 bits per heavy atom. The molecule has 0 amide bonds. The molecule has 0 bridgehead atoms. The van der Waals surface area contributed by atoms with Crippen LogP contribution < -0.4 is 4.74 Å². The Hall–Kier alpha value is -2.54. The van der Waals surface area contributed by atoms with E-state index in [1.807, 2.05) is 6.92 Å². The number of benzene rings is 1. The van der Waals surface area contributed by atoms with E-state index in [0.717, 1.165) is 68.4 Å². The molecule has 0 fully saturated rings. The highest BCUT2D eigenvalue weighted by Gasteiger charge is 2.83. The Kier molecular flexibility index (Phi) is 15.9. The SMILES string of the molecule is CCCCCCCCCCc1cnc(-c2ccc(OC(F)(F)C(F)(F)C(F)(F)C(F)(F)OCCCCOCCCC)cc2)nc1. The van der Waals surface area contributed by atoms with Crippen LogP contribution in [0.15, 0.2) is 36.7 Å². The predicted octanol–water partition coefficient (Wildman–Crippen LogP) is 10.3. The molecule has 1 aromatic carbocycles. The van der Waals surface area contributed by atoms with Gasteiger partial charge >= 0.3 is 24.1 Å². The third-order valence-corrected chi connectivity index (χ3v) is 7.12. The molecule has 0 saturated heterocycles. The quantitative estimate of drug-likeness (QED) is 0.0832. The smallest absolute Gasteiger partial charge is 0.428 e. The van der Waals surface area contributed by atoms with Gasteiger partial charge in [0.25, 0.3) is 0 Å². The van der Waals surface area contributed by atoms with Crippen LogP contribution >= 0.6 is 0 Å². The van der Waals surface area contributed by atoms with Gasteiger partial charge in [0.15, 0.2) is 5.82 Å². The summed E-state index contributed by atoms with van der Waals surface area (Å²) in [7, 11) is 0. The number of aryl methyl sites for hydroxylation is 1. The minimum Gasteiger partial charge on any atom is -0.428 e. The molecular weight excluding hydrogens is 612 g/mol. The van der Waals surface area contributed by atoms with E-state index in [0.29, 0.717) is 12.2 Å². The average molecular weight is 657 g/mol. The van der Waals surface area contributed by atoms with Crippen molar-refractivity contribution < 1.29 is 49.3 Å². The molecule has 5 nitrogen and oxygen atoms in total. The largest absolute Gasteiger partial charge is 0.471 e. The Labute approximate surface area is 260 Å². The topological polar surface area (TPSA) is 53.5 Å². The summed E-state index contributed by atoms with van der Waals surface area (Å²) in [4.78, 5) is 8.46. The second-order valence-corrected chi connectivity index (χ2v) is 11.0. The Balaban J connectivity index is 1.90.